The van der Waals surface area contributed by atoms with Crippen LogP contribution in [0.1, 0.15) is 39.2 Å². The summed E-state index contributed by atoms with van der Waals surface area (Å²) < 4.78 is 1.56. The monoisotopic (exact) mass is 323 g/mol. The van der Waals surface area contributed by atoms with E-state index in [4.69, 9.17) is 0 Å². The average Bonchev–Trinajstić information content (AvgIpc) is 3.15. The maximum atomic E-state index is 12.6. The molecule has 0 aliphatic heterocycles. The van der Waals surface area contributed by atoms with Gasteiger partial charge in [-0.25, -0.2) is 9.50 Å². The number of thiophene rings is 1. The van der Waals surface area contributed by atoms with Crippen molar-refractivity contribution < 1.29 is 4.79 Å². The zero-order valence-electron chi connectivity index (χ0n) is 12.2. The summed E-state index contributed by atoms with van der Waals surface area (Å²) in [5.41, 5.74) is 2.63. The molecule has 0 fully saturated rings. The fourth-order valence-electron chi connectivity index (χ4n) is 2.93. The number of nitrogens with zero attached hydrogens (tertiary/aromatic N) is 4. The van der Waals surface area contributed by atoms with Gasteiger partial charge in [0.15, 0.2) is 5.65 Å². The predicted molar refractivity (Wildman–Crippen MR) is 86.6 cm³/mol. The van der Waals surface area contributed by atoms with E-state index in [1.54, 1.807) is 23.0 Å². The van der Waals surface area contributed by atoms with Gasteiger partial charge in [0.05, 0.1) is 11.8 Å². The highest BCUT2D eigenvalue weighted by Crippen LogP contribution is 2.37. The number of anilines is 1. The molecule has 1 aliphatic rings. The number of fused-ring (bicyclic) bond motifs is 2. The highest BCUT2D eigenvalue weighted by Gasteiger charge is 2.23. The third kappa shape index (κ3) is 2.28. The lowest BCUT2D eigenvalue weighted by molar-refractivity contribution is 0.102. The third-order valence-electron chi connectivity index (χ3n) is 4.03. The van der Waals surface area contributed by atoms with Gasteiger partial charge < -0.3 is 5.32 Å². The number of aromatic nitrogens is 3. The van der Waals surface area contributed by atoms with Gasteiger partial charge in [-0.1, -0.05) is 0 Å². The van der Waals surface area contributed by atoms with Crippen LogP contribution in [0.3, 0.4) is 0 Å². The quantitative estimate of drug-likeness (QED) is 0.786. The van der Waals surface area contributed by atoms with Crippen LogP contribution in [-0.4, -0.2) is 20.5 Å². The zero-order chi connectivity index (χ0) is 15.8. The van der Waals surface area contributed by atoms with Gasteiger partial charge in [-0.15, -0.1) is 11.3 Å². The highest BCUT2D eigenvalue weighted by molar-refractivity contribution is 7.16. The summed E-state index contributed by atoms with van der Waals surface area (Å²) in [6, 6.07) is 4.00. The van der Waals surface area contributed by atoms with E-state index < -0.39 is 0 Å². The van der Waals surface area contributed by atoms with Crippen LogP contribution in [0.2, 0.25) is 0 Å². The third-order valence-corrected chi connectivity index (χ3v) is 5.24. The minimum absolute atomic E-state index is 0.284. The summed E-state index contributed by atoms with van der Waals surface area (Å²) in [6.07, 6.45) is 9.01. The molecule has 4 rings (SSSR count). The summed E-state index contributed by atoms with van der Waals surface area (Å²) in [5, 5.41) is 17.1. The summed E-state index contributed by atoms with van der Waals surface area (Å²) in [6.45, 7) is 0. The van der Waals surface area contributed by atoms with Gasteiger partial charge >= 0.3 is 0 Å². The fraction of sp³-hybridized carbons (Fsp3) is 0.250. The Labute approximate surface area is 136 Å². The standard InChI is InChI=1S/C16H13N5OS/c17-8-11-10-4-1-2-5-13(10)23-16(11)20-15(22)12-9-19-21-7-3-6-18-14(12)21/h3,6-7,9H,1-2,4-5H2,(H,20,22). The number of rotatable bonds is 2. The number of nitrogens with one attached hydrogen (secondary N) is 1. The second kappa shape index (κ2) is 5.48. The van der Waals surface area contributed by atoms with Gasteiger partial charge in [-0.3, -0.25) is 4.79 Å². The van der Waals surface area contributed by atoms with Crippen molar-refractivity contribution in [2.45, 2.75) is 25.7 Å². The summed E-state index contributed by atoms with van der Waals surface area (Å²) in [4.78, 5) is 18.0. The van der Waals surface area contributed by atoms with E-state index in [2.05, 4.69) is 21.5 Å². The van der Waals surface area contributed by atoms with Crippen molar-refractivity contribution in [2.24, 2.45) is 0 Å². The number of amides is 1. The topological polar surface area (TPSA) is 83.1 Å². The molecular formula is C16H13N5OS. The number of hydrogen-bond acceptors (Lipinski definition) is 5. The molecule has 6 nitrogen and oxygen atoms in total. The second-order valence-corrected chi connectivity index (χ2v) is 6.53. The molecule has 0 radical (unpaired) electrons. The highest BCUT2D eigenvalue weighted by atomic mass is 32.1. The molecule has 114 valence electrons. The Balaban J connectivity index is 1.69. The molecule has 0 unspecified atom stereocenters. The number of carbonyl (C=O) groups excluding carboxylic acids is 1. The number of aryl methyl sites for hydroxylation is 1. The minimum Gasteiger partial charge on any atom is -0.312 e. The van der Waals surface area contributed by atoms with Gasteiger partial charge in [-0.2, -0.15) is 10.4 Å². The summed E-state index contributed by atoms with van der Waals surface area (Å²) in [5.74, 6) is -0.284. The molecule has 0 bridgehead atoms. The Morgan fingerprint density at radius 3 is 3.13 bits per heavy atom. The largest absolute Gasteiger partial charge is 0.312 e. The van der Waals surface area contributed by atoms with Crippen molar-refractivity contribution in [1.29, 1.82) is 5.26 Å². The molecule has 0 aromatic carbocycles. The summed E-state index contributed by atoms with van der Waals surface area (Å²) in [7, 11) is 0. The van der Waals surface area contributed by atoms with E-state index in [0.717, 1.165) is 31.2 Å². The molecule has 1 N–H and O–H groups in total. The molecule has 1 aliphatic carbocycles. The first-order chi connectivity index (χ1) is 11.3. The van der Waals surface area contributed by atoms with Gasteiger partial charge in [0.25, 0.3) is 5.91 Å². The van der Waals surface area contributed by atoms with Crippen LogP contribution in [0.15, 0.2) is 24.7 Å². The van der Waals surface area contributed by atoms with E-state index >= 15 is 0 Å². The Hall–Kier alpha value is -2.72. The first-order valence-corrected chi connectivity index (χ1v) is 8.24. The Morgan fingerprint density at radius 2 is 2.26 bits per heavy atom. The van der Waals surface area contributed by atoms with Gasteiger partial charge in [-0.05, 0) is 37.3 Å². The van der Waals surface area contributed by atoms with E-state index in [1.165, 1.54) is 22.4 Å². The minimum atomic E-state index is -0.284. The van der Waals surface area contributed by atoms with Gasteiger partial charge in [0.2, 0.25) is 0 Å². The molecule has 1 amide bonds. The first kappa shape index (κ1) is 13.9. The van der Waals surface area contributed by atoms with Crippen LogP contribution >= 0.6 is 11.3 Å². The van der Waals surface area contributed by atoms with Crippen LogP contribution in [0.25, 0.3) is 5.65 Å². The van der Waals surface area contributed by atoms with Crippen LogP contribution in [0.5, 0.6) is 0 Å². The van der Waals surface area contributed by atoms with Crippen LogP contribution in [0.4, 0.5) is 5.00 Å². The first-order valence-electron chi connectivity index (χ1n) is 7.42. The predicted octanol–water partition coefficient (Wildman–Crippen LogP) is 2.79. The van der Waals surface area contributed by atoms with E-state index in [-0.39, 0.29) is 5.91 Å². The van der Waals surface area contributed by atoms with Crippen LogP contribution in [-0.2, 0) is 12.8 Å². The van der Waals surface area contributed by atoms with Crippen molar-refractivity contribution in [2.75, 3.05) is 5.32 Å². The van der Waals surface area contributed by atoms with Crippen molar-refractivity contribution in [1.82, 2.24) is 14.6 Å². The SMILES string of the molecule is N#Cc1c(NC(=O)c2cnn3cccnc23)sc2c1CCCC2. The maximum Gasteiger partial charge on any atom is 0.261 e. The molecular weight excluding hydrogens is 310 g/mol. The molecule has 0 saturated heterocycles. The lowest BCUT2D eigenvalue weighted by Gasteiger charge is -2.09. The van der Waals surface area contributed by atoms with Crippen LogP contribution < -0.4 is 5.32 Å². The molecule has 7 heteroatoms. The van der Waals surface area contributed by atoms with Gasteiger partial charge in [0.1, 0.15) is 16.6 Å². The number of carbonyl (C=O) groups is 1. The number of nitriles is 1. The molecule has 3 aromatic rings. The molecule has 3 aromatic heterocycles. The lowest BCUT2D eigenvalue weighted by Crippen LogP contribution is -2.12. The molecule has 0 spiro atoms. The maximum absolute atomic E-state index is 12.6. The lowest BCUT2D eigenvalue weighted by atomic mass is 9.96. The van der Waals surface area contributed by atoms with Gasteiger partial charge in [0, 0.05) is 17.3 Å². The molecule has 3 heterocycles. The molecule has 0 saturated carbocycles. The summed E-state index contributed by atoms with van der Waals surface area (Å²) >= 11 is 1.52. The van der Waals surface area contributed by atoms with E-state index in [1.807, 2.05) is 0 Å². The Bertz CT molecular complexity index is 949. The zero-order valence-corrected chi connectivity index (χ0v) is 13.1. The van der Waals surface area contributed by atoms with E-state index in [0.29, 0.717) is 21.8 Å². The second-order valence-electron chi connectivity index (χ2n) is 5.43. The normalized spacial score (nSPS) is 13.5. The van der Waals surface area contributed by atoms with Crippen molar-refractivity contribution >= 4 is 27.9 Å². The smallest absolute Gasteiger partial charge is 0.261 e. The van der Waals surface area contributed by atoms with Crippen LogP contribution in [0, 0.1) is 11.3 Å². The Kier molecular flexibility index (Phi) is 3.32. The number of hydrogen-bond donors (Lipinski definition) is 1. The van der Waals surface area contributed by atoms with E-state index in [9.17, 15) is 10.1 Å². The van der Waals surface area contributed by atoms with Crippen molar-refractivity contribution in [3.63, 3.8) is 0 Å². The average molecular weight is 323 g/mol. The van der Waals surface area contributed by atoms with Crippen molar-refractivity contribution in [3.05, 3.63) is 46.2 Å². The molecule has 0 atom stereocenters. The fourth-order valence-corrected chi connectivity index (χ4v) is 4.16. The molecule has 23 heavy (non-hydrogen) atoms. The van der Waals surface area contributed by atoms with Crippen molar-refractivity contribution in [3.8, 4) is 6.07 Å². The Morgan fingerprint density at radius 1 is 1.39 bits per heavy atom.